The van der Waals surface area contributed by atoms with Gasteiger partial charge in [-0.25, -0.2) is 23.7 Å². The number of pyridine rings is 1. The second kappa shape index (κ2) is 6.75. The molecule has 152 valence electrons. The number of carboxylic acids is 1. The Morgan fingerprint density at radius 1 is 1.31 bits per heavy atom. The maximum atomic E-state index is 14.5. The molecule has 0 radical (unpaired) electrons. The zero-order valence-electron chi connectivity index (χ0n) is 16.2. The van der Waals surface area contributed by atoms with Gasteiger partial charge in [0.05, 0.1) is 18.3 Å². The Morgan fingerprint density at radius 3 is 2.72 bits per heavy atom. The Balaban J connectivity index is 1.69. The summed E-state index contributed by atoms with van der Waals surface area (Å²) in [7, 11) is 0. The molecular formula is C20H21F2N5O2. The van der Waals surface area contributed by atoms with Crippen LogP contribution in [0.1, 0.15) is 27.2 Å². The van der Waals surface area contributed by atoms with E-state index in [4.69, 9.17) is 0 Å². The maximum absolute atomic E-state index is 14.5. The number of rotatable bonds is 5. The van der Waals surface area contributed by atoms with Crippen LogP contribution in [0.2, 0.25) is 0 Å². The molecule has 3 unspecified atom stereocenters. The number of aromatic amines is 1. The van der Waals surface area contributed by atoms with Gasteiger partial charge in [0.1, 0.15) is 11.5 Å². The van der Waals surface area contributed by atoms with Crippen molar-refractivity contribution in [3.63, 3.8) is 0 Å². The fourth-order valence-electron chi connectivity index (χ4n) is 3.74. The van der Waals surface area contributed by atoms with Crippen molar-refractivity contribution in [2.45, 2.75) is 33.2 Å². The van der Waals surface area contributed by atoms with Crippen LogP contribution in [0.5, 0.6) is 0 Å². The van der Waals surface area contributed by atoms with Crippen molar-refractivity contribution >= 4 is 22.8 Å². The second-order valence-corrected chi connectivity index (χ2v) is 8.47. The molecule has 0 bridgehead atoms. The summed E-state index contributed by atoms with van der Waals surface area (Å²) in [6.07, 6.45) is 4.29. The number of carboxylic acid groups (broad SMARTS) is 1. The Kier molecular flexibility index (Phi) is 4.48. The third-order valence-corrected chi connectivity index (χ3v) is 5.29. The van der Waals surface area contributed by atoms with Gasteiger partial charge in [-0.3, -0.25) is 4.79 Å². The molecule has 3 aromatic heterocycles. The number of carbonyl (C=O) groups is 1. The molecule has 3 aromatic rings. The number of nitrogens with zero attached hydrogens (tertiary/aromatic N) is 3. The normalized spacial score (nSPS) is 19.9. The first-order valence-electron chi connectivity index (χ1n) is 9.30. The summed E-state index contributed by atoms with van der Waals surface area (Å²) in [5, 5.41) is 12.9. The van der Waals surface area contributed by atoms with E-state index in [2.05, 4.69) is 25.3 Å². The highest BCUT2D eigenvalue weighted by Gasteiger charge is 2.51. The number of aromatic nitrogens is 4. The summed E-state index contributed by atoms with van der Waals surface area (Å²) in [5.74, 6) is -2.34. The first-order chi connectivity index (χ1) is 13.6. The fraction of sp³-hybridized carbons (Fsp3) is 0.400. The molecule has 1 saturated carbocycles. The molecule has 0 aromatic carbocycles. The Labute approximate surface area is 165 Å². The van der Waals surface area contributed by atoms with Crippen molar-refractivity contribution in [1.29, 1.82) is 0 Å². The minimum Gasteiger partial charge on any atom is -0.481 e. The van der Waals surface area contributed by atoms with E-state index in [1.807, 2.05) is 20.8 Å². The van der Waals surface area contributed by atoms with Crippen LogP contribution in [0.3, 0.4) is 0 Å². The van der Waals surface area contributed by atoms with Crippen molar-refractivity contribution < 1.29 is 18.7 Å². The van der Waals surface area contributed by atoms with Crippen LogP contribution in [-0.2, 0) is 4.79 Å². The van der Waals surface area contributed by atoms with Crippen LogP contribution in [0.15, 0.2) is 24.7 Å². The molecule has 4 rings (SSSR count). The highest BCUT2D eigenvalue weighted by atomic mass is 19.1. The number of hydrogen-bond acceptors (Lipinski definition) is 5. The van der Waals surface area contributed by atoms with Crippen molar-refractivity contribution in [3.8, 4) is 11.4 Å². The van der Waals surface area contributed by atoms with Crippen LogP contribution in [0.4, 0.5) is 14.6 Å². The molecule has 0 spiro atoms. The Hall–Kier alpha value is -3.10. The van der Waals surface area contributed by atoms with Gasteiger partial charge in [-0.1, -0.05) is 20.8 Å². The first kappa shape index (κ1) is 19.2. The van der Waals surface area contributed by atoms with Crippen molar-refractivity contribution in [2.24, 2.45) is 17.3 Å². The first-order valence-corrected chi connectivity index (χ1v) is 9.30. The highest BCUT2D eigenvalue weighted by Crippen LogP contribution is 2.47. The van der Waals surface area contributed by atoms with Gasteiger partial charge in [0.15, 0.2) is 17.5 Å². The largest absolute Gasteiger partial charge is 0.481 e. The average molecular weight is 401 g/mol. The molecular weight excluding hydrogens is 380 g/mol. The van der Waals surface area contributed by atoms with Gasteiger partial charge in [0.2, 0.25) is 0 Å². The van der Waals surface area contributed by atoms with Crippen LogP contribution >= 0.6 is 0 Å². The lowest BCUT2D eigenvalue weighted by Gasteiger charge is -2.32. The smallest absolute Gasteiger partial charge is 0.306 e. The summed E-state index contributed by atoms with van der Waals surface area (Å²) in [4.78, 5) is 26.6. The summed E-state index contributed by atoms with van der Waals surface area (Å²) in [6.45, 7) is 5.90. The van der Waals surface area contributed by atoms with Crippen molar-refractivity contribution in [1.82, 2.24) is 19.9 Å². The Bertz CT molecular complexity index is 1090. The lowest BCUT2D eigenvalue weighted by atomic mass is 9.83. The van der Waals surface area contributed by atoms with Crippen LogP contribution in [-0.4, -0.2) is 37.1 Å². The van der Waals surface area contributed by atoms with Gasteiger partial charge in [-0.05, 0) is 23.8 Å². The number of halogens is 2. The quantitative estimate of drug-likeness (QED) is 0.600. The minimum absolute atomic E-state index is 0.00956. The molecule has 1 aliphatic rings. The standard InChI is InChI=1S/C20H21F2N5O2/c1-20(2,3)15(10-5-12(10)19(28)29)26-18-14(22)8-25-17(27-18)13-7-24-16-11(13)4-9(21)6-23-16/h4,6-8,10,12,15H,5H2,1-3H3,(H,23,24)(H,28,29)(H,25,26,27). The van der Waals surface area contributed by atoms with Gasteiger partial charge in [-0.2, -0.15) is 0 Å². The van der Waals surface area contributed by atoms with Gasteiger partial charge in [0.25, 0.3) is 0 Å². The number of anilines is 1. The van der Waals surface area contributed by atoms with Crippen molar-refractivity contribution in [2.75, 3.05) is 5.32 Å². The molecule has 9 heteroatoms. The van der Waals surface area contributed by atoms with Gasteiger partial charge in [0, 0.05) is 23.2 Å². The van der Waals surface area contributed by atoms with E-state index in [-0.39, 0.29) is 29.0 Å². The highest BCUT2D eigenvalue weighted by molar-refractivity contribution is 5.91. The third-order valence-electron chi connectivity index (χ3n) is 5.29. The lowest BCUT2D eigenvalue weighted by Crippen LogP contribution is -2.37. The Morgan fingerprint density at radius 2 is 2.07 bits per heavy atom. The molecule has 3 atom stereocenters. The second-order valence-electron chi connectivity index (χ2n) is 8.47. The predicted octanol–water partition coefficient (Wildman–Crippen LogP) is 3.85. The molecule has 3 N–H and O–H groups in total. The van der Waals surface area contributed by atoms with Gasteiger partial charge in [-0.15, -0.1) is 0 Å². The SMILES string of the molecule is CC(C)(C)C(Nc1nc(-c2c[nH]c3ncc(F)cc23)ncc1F)C1CC1C(=O)O. The summed E-state index contributed by atoms with van der Waals surface area (Å²) in [6, 6.07) is 1.02. The van der Waals surface area contributed by atoms with Crippen LogP contribution in [0.25, 0.3) is 22.4 Å². The van der Waals surface area contributed by atoms with Gasteiger partial charge >= 0.3 is 5.97 Å². The monoisotopic (exact) mass is 401 g/mol. The fourth-order valence-corrected chi connectivity index (χ4v) is 3.74. The molecule has 0 saturated heterocycles. The van der Waals surface area contributed by atoms with E-state index in [1.54, 1.807) is 6.20 Å². The third kappa shape index (κ3) is 3.64. The number of aliphatic carboxylic acids is 1. The average Bonchev–Trinajstić information content (AvgIpc) is 3.32. The van der Waals surface area contributed by atoms with E-state index in [0.29, 0.717) is 23.0 Å². The molecule has 7 nitrogen and oxygen atoms in total. The maximum Gasteiger partial charge on any atom is 0.306 e. The number of hydrogen-bond donors (Lipinski definition) is 3. The zero-order valence-corrected chi connectivity index (χ0v) is 16.2. The summed E-state index contributed by atoms with van der Waals surface area (Å²) in [5.41, 5.74) is 0.649. The predicted molar refractivity (Wildman–Crippen MR) is 103 cm³/mol. The molecule has 1 fully saturated rings. The molecule has 0 amide bonds. The molecule has 0 aliphatic heterocycles. The van der Waals surface area contributed by atoms with E-state index >= 15 is 0 Å². The lowest BCUT2D eigenvalue weighted by molar-refractivity contribution is -0.139. The minimum atomic E-state index is -0.844. The van der Waals surface area contributed by atoms with Crippen LogP contribution in [0, 0.1) is 28.9 Å². The zero-order chi connectivity index (χ0) is 20.9. The molecule has 1 aliphatic carbocycles. The van der Waals surface area contributed by atoms with E-state index < -0.39 is 23.5 Å². The van der Waals surface area contributed by atoms with E-state index in [0.717, 1.165) is 12.4 Å². The van der Waals surface area contributed by atoms with Gasteiger partial charge < -0.3 is 15.4 Å². The summed E-state index contributed by atoms with van der Waals surface area (Å²) < 4.78 is 28.1. The number of H-pyrrole nitrogens is 1. The number of nitrogens with one attached hydrogen (secondary N) is 2. The number of fused-ring (bicyclic) bond motifs is 1. The summed E-state index contributed by atoms with van der Waals surface area (Å²) >= 11 is 0. The molecule has 3 heterocycles. The van der Waals surface area contributed by atoms with E-state index in [9.17, 15) is 18.7 Å². The van der Waals surface area contributed by atoms with Crippen molar-refractivity contribution in [3.05, 3.63) is 36.3 Å². The van der Waals surface area contributed by atoms with E-state index in [1.165, 1.54) is 6.07 Å². The molecule has 29 heavy (non-hydrogen) atoms. The topological polar surface area (TPSA) is 104 Å². The van der Waals surface area contributed by atoms with Crippen LogP contribution < -0.4 is 5.32 Å².